The molecule has 4 rings (SSSR count). The highest BCUT2D eigenvalue weighted by Gasteiger charge is 2.33. The Morgan fingerprint density at radius 2 is 1.26 bits per heavy atom. The smallest absolute Gasteiger partial charge is 0.303 e. The minimum atomic E-state index is -0.768. The molecule has 0 unspecified atom stereocenters. The molecule has 1 aliphatic heterocycles. The fourth-order valence-corrected chi connectivity index (χ4v) is 7.82. The largest absolute Gasteiger partial charge is 0.481 e. The topological polar surface area (TPSA) is 108 Å². The second-order valence-corrected chi connectivity index (χ2v) is 16.1. The van der Waals surface area contributed by atoms with Crippen LogP contribution in [0.25, 0.3) is 11.1 Å². The van der Waals surface area contributed by atoms with Crippen LogP contribution in [0.3, 0.4) is 0 Å². The molecule has 314 valence electrons. The van der Waals surface area contributed by atoms with Crippen molar-refractivity contribution in [3.63, 3.8) is 0 Å². The summed E-state index contributed by atoms with van der Waals surface area (Å²) in [5, 5.41) is 21.6. The van der Waals surface area contributed by atoms with E-state index in [-0.39, 0.29) is 31.1 Å². The molecule has 1 heterocycles. The van der Waals surface area contributed by atoms with Crippen molar-refractivity contribution in [1.82, 2.24) is 10.2 Å². The quantitative estimate of drug-likeness (QED) is 0.0602. The molecule has 3 atom stereocenters. The Kier molecular flexibility index (Phi) is 22.0. The zero-order valence-electron chi connectivity index (χ0n) is 35.1. The van der Waals surface area contributed by atoms with Crippen molar-refractivity contribution in [2.75, 3.05) is 19.6 Å². The maximum atomic E-state index is 12.6. The highest BCUT2D eigenvalue weighted by Crippen LogP contribution is 2.39. The van der Waals surface area contributed by atoms with Gasteiger partial charge in [0.25, 0.3) is 0 Å². The number of nitrogens with zero attached hydrogens (tertiary/aromatic N) is 1. The first-order chi connectivity index (χ1) is 27.9. The third-order valence-corrected chi connectivity index (χ3v) is 11.3. The van der Waals surface area contributed by atoms with E-state index >= 15 is 0 Å². The minimum Gasteiger partial charge on any atom is -0.481 e. The number of carboxylic acid groups (broad SMARTS) is 1. The number of nitrogens with one attached hydrogen (secondary N) is 1. The lowest BCUT2D eigenvalue weighted by molar-refractivity contribution is -0.253. The lowest BCUT2D eigenvalue weighted by Gasteiger charge is -2.38. The molecular weight excluding hydrogens is 713 g/mol. The number of hydrogen-bond acceptors (Lipinski definition) is 6. The number of carboxylic acids is 1. The van der Waals surface area contributed by atoms with E-state index in [4.69, 9.17) is 14.6 Å². The van der Waals surface area contributed by atoms with E-state index < -0.39 is 12.3 Å². The van der Waals surface area contributed by atoms with Crippen LogP contribution < -0.4 is 5.32 Å². The maximum absolute atomic E-state index is 12.6. The van der Waals surface area contributed by atoms with Crippen molar-refractivity contribution < 1.29 is 29.3 Å². The summed E-state index contributed by atoms with van der Waals surface area (Å²) >= 11 is 0. The number of hydrogen-bond donors (Lipinski definition) is 3. The van der Waals surface area contributed by atoms with Gasteiger partial charge in [0.2, 0.25) is 5.91 Å². The number of aliphatic hydroxyl groups is 1. The van der Waals surface area contributed by atoms with Crippen molar-refractivity contribution in [2.24, 2.45) is 0 Å². The van der Waals surface area contributed by atoms with Crippen LogP contribution in [-0.2, 0) is 32.2 Å². The van der Waals surface area contributed by atoms with Crippen molar-refractivity contribution >= 4 is 11.9 Å². The molecule has 1 saturated heterocycles. The summed E-state index contributed by atoms with van der Waals surface area (Å²) in [4.78, 5) is 26.0. The number of benzene rings is 3. The number of ether oxygens (including phenoxy) is 2. The fourth-order valence-electron chi connectivity index (χ4n) is 7.82. The summed E-state index contributed by atoms with van der Waals surface area (Å²) in [7, 11) is 0. The summed E-state index contributed by atoms with van der Waals surface area (Å²) < 4.78 is 13.6. The predicted molar refractivity (Wildman–Crippen MR) is 231 cm³/mol. The highest BCUT2D eigenvalue weighted by molar-refractivity contribution is 5.76. The Morgan fingerprint density at radius 3 is 1.89 bits per heavy atom. The van der Waals surface area contributed by atoms with Gasteiger partial charge in [0.05, 0.1) is 18.8 Å². The van der Waals surface area contributed by atoms with Gasteiger partial charge >= 0.3 is 5.97 Å². The fraction of sp³-hybridized carbons (Fsp3) is 0.592. The van der Waals surface area contributed by atoms with E-state index in [1.54, 1.807) is 0 Å². The highest BCUT2D eigenvalue weighted by atomic mass is 16.7. The van der Waals surface area contributed by atoms with Crippen LogP contribution in [-0.4, -0.2) is 52.7 Å². The Morgan fingerprint density at radius 1 is 0.684 bits per heavy atom. The van der Waals surface area contributed by atoms with Crippen LogP contribution in [0.2, 0.25) is 0 Å². The summed E-state index contributed by atoms with van der Waals surface area (Å²) in [6.07, 6.45) is 19.4. The molecule has 0 radical (unpaired) electrons. The Balaban J connectivity index is 1.43. The van der Waals surface area contributed by atoms with Crippen LogP contribution in [0.4, 0.5) is 0 Å². The van der Waals surface area contributed by atoms with Gasteiger partial charge in [0.15, 0.2) is 6.29 Å². The van der Waals surface area contributed by atoms with Gasteiger partial charge in [-0.05, 0) is 66.6 Å². The van der Waals surface area contributed by atoms with Crippen LogP contribution in [0.5, 0.6) is 0 Å². The molecule has 57 heavy (non-hydrogen) atoms. The molecule has 8 heteroatoms. The van der Waals surface area contributed by atoms with Gasteiger partial charge in [-0.15, -0.1) is 0 Å². The molecule has 8 nitrogen and oxygen atoms in total. The SMILES string of the molecule is CCCCCCCCN(CCCCCCCC)C[C@@H]1C[C@H](c2ccc(CO)cc2)O[C@H](c2ccc(-c3ccccc3CNC(=O)CCCCCCC(=O)O)cc2)O1. The van der Waals surface area contributed by atoms with Gasteiger partial charge < -0.3 is 29.9 Å². The van der Waals surface area contributed by atoms with E-state index in [1.165, 1.54) is 77.0 Å². The molecule has 1 amide bonds. The Bertz CT molecular complexity index is 1530. The number of rotatable bonds is 29. The van der Waals surface area contributed by atoms with E-state index in [1.807, 2.05) is 24.3 Å². The average Bonchev–Trinajstić information content (AvgIpc) is 3.23. The number of amides is 1. The summed E-state index contributed by atoms with van der Waals surface area (Å²) in [6, 6.07) is 24.8. The van der Waals surface area contributed by atoms with E-state index in [9.17, 15) is 14.7 Å². The van der Waals surface area contributed by atoms with Crippen LogP contribution in [0.1, 0.15) is 170 Å². The molecule has 1 fully saturated rings. The molecule has 3 aromatic rings. The number of carbonyl (C=O) groups is 2. The lowest BCUT2D eigenvalue weighted by Crippen LogP contribution is -2.40. The molecule has 0 saturated carbocycles. The number of unbranched alkanes of at least 4 members (excludes halogenated alkanes) is 13. The number of carbonyl (C=O) groups excluding carboxylic acids is 1. The van der Waals surface area contributed by atoms with E-state index in [0.717, 1.165) is 78.7 Å². The zero-order chi connectivity index (χ0) is 40.5. The summed E-state index contributed by atoms with van der Waals surface area (Å²) in [5.41, 5.74) is 6.16. The van der Waals surface area contributed by atoms with Gasteiger partial charge in [-0.25, -0.2) is 0 Å². The molecule has 0 aliphatic carbocycles. The molecule has 3 aromatic carbocycles. The van der Waals surface area contributed by atoms with E-state index in [0.29, 0.717) is 19.4 Å². The van der Waals surface area contributed by atoms with Crippen LogP contribution >= 0.6 is 0 Å². The second-order valence-electron chi connectivity index (χ2n) is 16.1. The summed E-state index contributed by atoms with van der Waals surface area (Å²) in [5.74, 6) is -0.757. The minimum absolute atomic E-state index is 0.0117. The van der Waals surface area contributed by atoms with Gasteiger partial charge in [0, 0.05) is 37.9 Å². The zero-order valence-corrected chi connectivity index (χ0v) is 35.1. The van der Waals surface area contributed by atoms with Gasteiger partial charge in [-0.3, -0.25) is 9.59 Å². The first kappa shape index (κ1) is 46.1. The predicted octanol–water partition coefficient (Wildman–Crippen LogP) is 11.5. The normalized spacial score (nSPS) is 16.9. The molecule has 0 spiro atoms. The third kappa shape index (κ3) is 17.4. The van der Waals surface area contributed by atoms with Crippen molar-refractivity contribution in [2.45, 2.75) is 167 Å². The molecule has 1 aliphatic rings. The maximum Gasteiger partial charge on any atom is 0.303 e. The van der Waals surface area contributed by atoms with Gasteiger partial charge in [0.1, 0.15) is 0 Å². The van der Waals surface area contributed by atoms with Crippen molar-refractivity contribution in [1.29, 1.82) is 0 Å². The molecule has 0 bridgehead atoms. The number of aliphatic hydroxyl groups excluding tert-OH is 1. The van der Waals surface area contributed by atoms with Gasteiger partial charge in [-0.2, -0.15) is 0 Å². The molecule has 0 aromatic heterocycles. The molecule has 3 N–H and O–H groups in total. The second kappa shape index (κ2) is 27.2. The summed E-state index contributed by atoms with van der Waals surface area (Å²) in [6.45, 7) is 8.10. The Labute approximate surface area is 343 Å². The monoisotopic (exact) mass is 785 g/mol. The first-order valence-corrected chi connectivity index (χ1v) is 22.3. The lowest BCUT2D eigenvalue weighted by atomic mass is 9.97. The number of aliphatic carboxylic acids is 1. The molecular formula is C49H72N2O6. The Hall–Kier alpha value is -3.56. The van der Waals surface area contributed by atoms with Crippen molar-refractivity contribution in [3.05, 3.63) is 95.1 Å². The van der Waals surface area contributed by atoms with E-state index in [2.05, 4.69) is 72.6 Å². The van der Waals surface area contributed by atoms with Gasteiger partial charge in [-0.1, -0.05) is 164 Å². The first-order valence-electron chi connectivity index (χ1n) is 22.3. The van der Waals surface area contributed by atoms with Crippen molar-refractivity contribution in [3.8, 4) is 11.1 Å². The third-order valence-electron chi connectivity index (χ3n) is 11.3. The standard InChI is InChI=1S/C49H72N2O6/c1-3-5-7-9-13-19-33-51(34-20-14-10-8-6-4-2)37-44-35-46(41-27-25-39(38-52)26-28-41)57-49(56-44)42-31-29-40(30-32-42)45-22-18-17-21-43(45)36-50-47(53)23-15-11-12-16-24-48(54)55/h17-18,21-22,25-32,44,46,49,52H,3-16,19-20,23-24,33-38H2,1-2H3,(H,50,53)(H,54,55)/t44-,46+,49+/m0/s1. The van der Waals surface area contributed by atoms with Crippen LogP contribution in [0, 0.1) is 0 Å². The average molecular weight is 785 g/mol. The van der Waals surface area contributed by atoms with Crippen LogP contribution in [0.15, 0.2) is 72.8 Å².